The second-order valence-electron chi connectivity index (χ2n) is 7.60. The van der Waals surface area contributed by atoms with E-state index in [1.54, 1.807) is 45.0 Å². The molecule has 8 heteroatoms. The molecule has 31 heavy (non-hydrogen) atoms. The van der Waals surface area contributed by atoms with Crippen LogP contribution in [0.2, 0.25) is 5.02 Å². The Kier molecular flexibility index (Phi) is 6.42. The second kappa shape index (κ2) is 9.02. The predicted octanol–water partition coefficient (Wildman–Crippen LogP) is 3.99. The lowest BCUT2D eigenvalue weighted by atomic mass is 9.96. The Morgan fingerprint density at radius 1 is 1.19 bits per heavy atom. The summed E-state index contributed by atoms with van der Waals surface area (Å²) in [7, 11) is 0. The number of hydrogen-bond donors (Lipinski definition) is 2. The normalized spacial score (nSPS) is 12.8. The van der Waals surface area contributed by atoms with Crippen LogP contribution in [0.25, 0.3) is 0 Å². The molecule has 0 fully saturated rings. The van der Waals surface area contributed by atoms with E-state index >= 15 is 0 Å². The maximum absolute atomic E-state index is 12.8. The Morgan fingerprint density at radius 2 is 1.94 bits per heavy atom. The monoisotopic (exact) mass is 437 g/mol. The first-order chi connectivity index (χ1) is 14.7. The van der Waals surface area contributed by atoms with Crippen LogP contribution in [-0.4, -0.2) is 34.8 Å². The van der Waals surface area contributed by atoms with Gasteiger partial charge in [-0.05, 0) is 39.0 Å². The van der Waals surface area contributed by atoms with Crippen molar-refractivity contribution < 1.29 is 19.1 Å². The topological polar surface area (TPSA) is 97.4 Å². The Balaban J connectivity index is 1.75. The van der Waals surface area contributed by atoms with Crippen molar-refractivity contribution in [1.82, 2.24) is 10.3 Å². The molecule has 1 aromatic heterocycles. The highest BCUT2D eigenvalue weighted by atomic mass is 35.5. The third-order valence-corrected chi connectivity index (χ3v) is 4.34. The van der Waals surface area contributed by atoms with Crippen molar-refractivity contribution in [3.05, 3.63) is 70.1 Å². The summed E-state index contributed by atoms with van der Waals surface area (Å²) in [5.74, 6) is 4.93. The fraction of sp³-hybridized carbons (Fsp3) is 0.217. The largest absolute Gasteiger partial charge is 0.444 e. The number of rotatable bonds is 3. The Labute approximate surface area is 184 Å². The standard InChI is InChI=1S/C23H20ClN3O4/c1-23(2,3)31-22(30)26-11-6-8-14-7-4-5-9-16(14)27-17-13-18(28)20-19(21(17)29)15(24)10-12-25-20/h4-5,7,9-10,12-13,27H,11H2,1-3H3,(H,26,30). The number of anilines is 1. The van der Waals surface area contributed by atoms with Crippen LogP contribution in [0.15, 0.2) is 48.3 Å². The predicted molar refractivity (Wildman–Crippen MR) is 117 cm³/mol. The van der Waals surface area contributed by atoms with Gasteiger partial charge in [-0.2, -0.15) is 0 Å². The van der Waals surface area contributed by atoms with Gasteiger partial charge >= 0.3 is 6.09 Å². The van der Waals surface area contributed by atoms with Crippen molar-refractivity contribution in [1.29, 1.82) is 0 Å². The number of carbonyl (C=O) groups excluding carboxylic acids is 3. The minimum Gasteiger partial charge on any atom is -0.444 e. The number of aromatic nitrogens is 1. The summed E-state index contributed by atoms with van der Waals surface area (Å²) in [5, 5.41) is 5.69. The van der Waals surface area contributed by atoms with Crippen LogP contribution < -0.4 is 10.6 Å². The van der Waals surface area contributed by atoms with Crippen LogP contribution in [-0.2, 0) is 4.74 Å². The number of allylic oxidation sites excluding steroid dienone is 2. The molecule has 0 unspecified atom stereocenters. The van der Waals surface area contributed by atoms with Gasteiger partial charge in [-0.3, -0.25) is 14.6 Å². The van der Waals surface area contributed by atoms with E-state index in [4.69, 9.17) is 16.3 Å². The van der Waals surface area contributed by atoms with Gasteiger partial charge in [0.2, 0.25) is 11.6 Å². The van der Waals surface area contributed by atoms with Crippen LogP contribution in [0.4, 0.5) is 10.5 Å². The molecule has 0 radical (unpaired) electrons. The van der Waals surface area contributed by atoms with E-state index in [1.165, 1.54) is 18.3 Å². The SMILES string of the molecule is CC(C)(C)OC(=O)NCC#Cc1ccccc1NC1=CC(=O)c2nccc(Cl)c2C1=O. The molecule has 0 bridgehead atoms. The minimum absolute atomic E-state index is 0.0318. The number of benzene rings is 1. The van der Waals surface area contributed by atoms with E-state index in [1.807, 2.05) is 0 Å². The fourth-order valence-electron chi connectivity index (χ4n) is 2.75. The van der Waals surface area contributed by atoms with Crippen LogP contribution >= 0.6 is 11.6 Å². The molecule has 1 aliphatic rings. The smallest absolute Gasteiger partial charge is 0.408 e. The van der Waals surface area contributed by atoms with Gasteiger partial charge in [-0.25, -0.2) is 4.79 Å². The fourth-order valence-corrected chi connectivity index (χ4v) is 2.98. The van der Waals surface area contributed by atoms with Gasteiger partial charge in [0.1, 0.15) is 11.3 Å². The first-order valence-corrected chi connectivity index (χ1v) is 9.80. The van der Waals surface area contributed by atoms with Crippen molar-refractivity contribution in [3.8, 4) is 11.8 Å². The summed E-state index contributed by atoms with van der Waals surface area (Å²) in [6.45, 7) is 5.40. The summed E-state index contributed by atoms with van der Waals surface area (Å²) < 4.78 is 5.15. The molecule has 0 saturated heterocycles. The van der Waals surface area contributed by atoms with Gasteiger partial charge in [-0.1, -0.05) is 35.6 Å². The first kappa shape index (κ1) is 22.1. The van der Waals surface area contributed by atoms with Crippen LogP contribution in [0.5, 0.6) is 0 Å². The molecule has 0 aliphatic heterocycles. The molecule has 1 amide bonds. The molecule has 1 heterocycles. The highest BCUT2D eigenvalue weighted by Gasteiger charge is 2.29. The number of nitrogens with zero attached hydrogens (tertiary/aromatic N) is 1. The van der Waals surface area contributed by atoms with E-state index < -0.39 is 23.3 Å². The van der Waals surface area contributed by atoms with E-state index in [9.17, 15) is 14.4 Å². The molecule has 3 rings (SSSR count). The number of alkyl carbamates (subject to hydrolysis) is 1. The molecule has 0 saturated carbocycles. The Morgan fingerprint density at radius 3 is 2.68 bits per heavy atom. The number of halogens is 1. The van der Waals surface area contributed by atoms with E-state index in [0.717, 1.165) is 0 Å². The highest BCUT2D eigenvalue weighted by Crippen LogP contribution is 2.27. The number of fused-ring (bicyclic) bond motifs is 1. The van der Waals surface area contributed by atoms with Crippen molar-refractivity contribution >= 4 is 34.9 Å². The number of Topliss-reactive ketones (excluding diaryl/α,β-unsaturated/α-hetero) is 1. The molecule has 158 valence electrons. The lowest BCUT2D eigenvalue weighted by Gasteiger charge is -2.19. The van der Waals surface area contributed by atoms with Gasteiger partial charge in [0, 0.05) is 17.8 Å². The van der Waals surface area contributed by atoms with E-state index in [2.05, 4.69) is 27.5 Å². The number of amides is 1. The average Bonchev–Trinajstić information content (AvgIpc) is 2.69. The third-order valence-electron chi connectivity index (χ3n) is 4.02. The maximum Gasteiger partial charge on any atom is 0.408 e. The molecule has 0 spiro atoms. The molecular formula is C23H20ClN3O4. The molecule has 2 aromatic rings. The molecule has 0 atom stereocenters. The van der Waals surface area contributed by atoms with Crippen molar-refractivity contribution in [2.75, 3.05) is 11.9 Å². The zero-order valence-electron chi connectivity index (χ0n) is 17.2. The Hall–Kier alpha value is -3.63. The van der Waals surface area contributed by atoms with E-state index in [0.29, 0.717) is 11.3 Å². The van der Waals surface area contributed by atoms with Crippen molar-refractivity contribution in [2.24, 2.45) is 0 Å². The molecule has 7 nitrogen and oxygen atoms in total. The average molecular weight is 438 g/mol. The number of hydrogen-bond acceptors (Lipinski definition) is 6. The third kappa shape index (κ3) is 5.50. The van der Waals surface area contributed by atoms with Gasteiger partial charge in [0.15, 0.2) is 0 Å². The number of para-hydroxylation sites is 1. The summed E-state index contributed by atoms with van der Waals surface area (Å²) in [6, 6.07) is 8.50. The van der Waals surface area contributed by atoms with Crippen LogP contribution in [0, 0.1) is 11.8 Å². The number of carbonyl (C=O) groups is 3. The molecule has 1 aliphatic carbocycles. The maximum atomic E-state index is 12.8. The van der Waals surface area contributed by atoms with Gasteiger partial charge < -0.3 is 15.4 Å². The van der Waals surface area contributed by atoms with Crippen molar-refractivity contribution in [3.63, 3.8) is 0 Å². The first-order valence-electron chi connectivity index (χ1n) is 9.43. The summed E-state index contributed by atoms with van der Waals surface area (Å²) in [6.07, 6.45) is 2.02. The van der Waals surface area contributed by atoms with Crippen LogP contribution in [0.3, 0.4) is 0 Å². The van der Waals surface area contributed by atoms with Crippen LogP contribution in [0.1, 0.15) is 47.2 Å². The quantitative estimate of drug-likeness (QED) is 0.705. The number of ketones is 2. The zero-order valence-corrected chi connectivity index (χ0v) is 18.0. The van der Waals surface area contributed by atoms with Gasteiger partial charge in [0.25, 0.3) is 0 Å². The van der Waals surface area contributed by atoms with E-state index in [-0.39, 0.29) is 28.5 Å². The lowest BCUT2D eigenvalue weighted by molar-refractivity contribution is 0.0535. The minimum atomic E-state index is -0.594. The zero-order chi connectivity index (χ0) is 22.6. The second-order valence-corrected chi connectivity index (χ2v) is 8.00. The highest BCUT2D eigenvalue weighted by molar-refractivity contribution is 6.37. The molecule has 1 aromatic carbocycles. The number of pyridine rings is 1. The van der Waals surface area contributed by atoms with Crippen molar-refractivity contribution in [2.45, 2.75) is 26.4 Å². The van der Waals surface area contributed by atoms with Gasteiger partial charge in [-0.15, -0.1) is 0 Å². The van der Waals surface area contributed by atoms with Gasteiger partial charge in [0.05, 0.1) is 28.5 Å². The Bertz CT molecular complexity index is 1150. The molecular weight excluding hydrogens is 418 g/mol. The summed E-state index contributed by atoms with van der Waals surface area (Å²) >= 11 is 6.12. The summed E-state index contributed by atoms with van der Waals surface area (Å²) in [4.78, 5) is 40.9. The molecule has 2 N–H and O–H groups in total. The summed E-state index contributed by atoms with van der Waals surface area (Å²) in [5.41, 5.74) is 0.700. The number of ether oxygens (including phenoxy) is 1. The number of nitrogens with one attached hydrogen (secondary N) is 2. The lowest BCUT2D eigenvalue weighted by Crippen LogP contribution is -2.32.